The number of ether oxygens (including phenoxy) is 1. The molecule has 0 aromatic heterocycles. The molecule has 0 saturated heterocycles. The third-order valence-electron chi connectivity index (χ3n) is 2.74. The number of hydrogen-bond donors (Lipinski definition) is 2. The predicted molar refractivity (Wildman–Crippen MR) is 80.1 cm³/mol. The van der Waals surface area contributed by atoms with Crippen LogP contribution in [-0.2, 0) is 4.79 Å². The summed E-state index contributed by atoms with van der Waals surface area (Å²) in [6.07, 6.45) is 3.08. The monoisotopic (exact) mass is 328 g/mol. The molecule has 1 aromatic rings. The number of halogens is 1. The Bertz CT molecular complexity index is 382. The van der Waals surface area contributed by atoms with E-state index in [1.165, 1.54) is 0 Å². The van der Waals surface area contributed by atoms with Crippen LogP contribution in [0.25, 0.3) is 0 Å². The zero-order chi connectivity index (χ0) is 14.1. The van der Waals surface area contributed by atoms with Gasteiger partial charge in [0.25, 0.3) is 5.91 Å². The van der Waals surface area contributed by atoms with Crippen molar-refractivity contribution in [3.8, 4) is 5.75 Å². The van der Waals surface area contributed by atoms with E-state index in [0.29, 0.717) is 12.3 Å². The standard InChI is InChI=1S/C14H21BrN2O2/c1-2-3-4-12(9-16)17-14(18)10-19-13-7-5-11(15)6-8-13/h5-8,12H,2-4,9-10,16H2,1H3,(H,17,18). The van der Waals surface area contributed by atoms with E-state index in [1.54, 1.807) is 0 Å². The Morgan fingerprint density at radius 3 is 2.68 bits per heavy atom. The van der Waals surface area contributed by atoms with Crippen molar-refractivity contribution in [3.05, 3.63) is 28.7 Å². The number of unbranched alkanes of at least 4 members (excludes halogenated alkanes) is 1. The van der Waals surface area contributed by atoms with Crippen LogP contribution in [0.5, 0.6) is 5.75 Å². The van der Waals surface area contributed by atoms with Crippen LogP contribution < -0.4 is 15.8 Å². The lowest BCUT2D eigenvalue weighted by Crippen LogP contribution is -2.42. The Morgan fingerprint density at radius 2 is 2.11 bits per heavy atom. The molecule has 1 atom stereocenters. The fourth-order valence-corrected chi connectivity index (χ4v) is 1.91. The molecule has 0 heterocycles. The first-order valence-electron chi connectivity index (χ1n) is 6.53. The van der Waals surface area contributed by atoms with Crippen LogP contribution in [0.2, 0.25) is 0 Å². The van der Waals surface area contributed by atoms with Crippen molar-refractivity contribution < 1.29 is 9.53 Å². The summed E-state index contributed by atoms with van der Waals surface area (Å²) in [5.41, 5.74) is 5.63. The van der Waals surface area contributed by atoms with Gasteiger partial charge in [0.15, 0.2) is 6.61 Å². The molecule has 106 valence electrons. The minimum absolute atomic E-state index is 0.0181. The normalized spacial score (nSPS) is 11.9. The van der Waals surface area contributed by atoms with Gasteiger partial charge in [-0.05, 0) is 30.7 Å². The van der Waals surface area contributed by atoms with Gasteiger partial charge in [0.2, 0.25) is 0 Å². The minimum atomic E-state index is -0.130. The molecule has 1 amide bonds. The van der Waals surface area contributed by atoms with E-state index >= 15 is 0 Å². The first-order valence-corrected chi connectivity index (χ1v) is 7.32. The Balaban J connectivity index is 2.32. The Kier molecular flexibility index (Phi) is 7.52. The Morgan fingerprint density at radius 1 is 1.42 bits per heavy atom. The van der Waals surface area contributed by atoms with Crippen molar-refractivity contribution in [2.75, 3.05) is 13.2 Å². The summed E-state index contributed by atoms with van der Waals surface area (Å²) >= 11 is 3.34. The van der Waals surface area contributed by atoms with Gasteiger partial charge in [0.1, 0.15) is 5.75 Å². The number of rotatable bonds is 8. The maximum Gasteiger partial charge on any atom is 0.258 e. The van der Waals surface area contributed by atoms with Gasteiger partial charge < -0.3 is 15.8 Å². The van der Waals surface area contributed by atoms with Gasteiger partial charge >= 0.3 is 0 Å². The van der Waals surface area contributed by atoms with E-state index < -0.39 is 0 Å². The first kappa shape index (κ1) is 16.0. The van der Waals surface area contributed by atoms with Crippen LogP contribution in [0.4, 0.5) is 0 Å². The molecule has 0 saturated carbocycles. The van der Waals surface area contributed by atoms with Crippen molar-refractivity contribution >= 4 is 21.8 Å². The second-order valence-corrected chi connectivity index (χ2v) is 5.30. The summed E-state index contributed by atoms with van der Waals surface area (Å²) in [5, 5.41) is 2.88. The Hall–Kier alpha value is -1.07. The minimum Gasteiger partial charge on any atom is -0.484 e. The molecule has 1 rings (SSSR count). The van der Waals surface area contributed by atoms with Crippen LogP contribution in [0, 0.1) is 0 Å². The molecule has 0 aliphatic heterocycles. The maximum atomic E-state index is 11.7. The van der Waals surface area contributed by atoms with Gasteiger partial charge in [-0.2, -0.15) is 0 Å². The van der Waals surface area contributed by atoms with E-state index in [-0.39, 0.29) is 18.6 Å². The maximum absolute atomic E-state index is 11.7. The van der Waals surface area contributed by atoms with Gasteiger partial charge in [-0.3, -0.25) is 4.79 Å². The third-order valence-corrected chi connectivity index (χ3v) is 3.27. The van der Waals surface area contributed by atoms with E-state index in [1.807, 2.05) is 24.3 Å². The summed E-state index contributed by atoms with van der Waals surface area (Å²) in [6.45, 7) is 2.60. The van der Waals surface area contributed by atoms with Gasteiger partial charge in [-0.15, -0.1) is 0 Å². The predicted octanol–water partition coefficient (Wildman–Crippen LogP) is 2.46. The molecule has 5 heteroatoms. The molecule has 0 radical (unpaired) electrons. The van der Waals surface area contributed by atoms with Crippen LogP contribution in [-0.4, -0.2) is 25.1 Å². The molecular formula is C14H21BrN2O2. The van der Waals surface area contributed by atoms with Gasteiger partial charge in [0, 0.05) is 17.1 Å². The van der Waals surface area contributed by atoms with E-state index in [2.05, 4.69) is 28.2 Å². The van der Waals surface area contributed by atoms with Crippen molar-refractivity contribution in [1.29, 1.82) is 0 Å². The third kappa shape index (κ3) is 6.59. The van der Waals surface area contributed by atoms with Crippen molar-refractivity contribution in [3.63, 3.8) is 0 Å². The van der Waals surface area contributed by atoms with Crippen molar-refractivity contribution in [2.45, 2.75) is 32.2 Å². The van der Waals surface area contributed by atoms with E-state index in [9.17, 15) is 4.79 Å². The number of carbonyl (C=O) groups is 1. The molecular weight excluding hydrogens is 308 g/mol. The first-order chi connectivity index (χ1) is 9.15. The summed E-state index contributed by atoms with van der Waals surface area (Å²) < 4.78 is 6.38. The lowest BCUT2D eigenvalue weighted by atomic mass is 10.1. The topological polar surface area (TPSA) is 64.3 Å². The quantitative estimate of drug-likeness (QED) is 0.770. The van der Waals surface area contributed by atoms with Gasteiger partial charge in [-0.25, -0.2) is 0 Å². The van der Waals surface area contributed by atoms with Crippen LogP contribution >= 0.6 is 15.9 Å². The summed E-state index contributed by atoms with van der Waals surface area (Å²) in [4.78, 5) is 11.7. The van der Waals surface area contributed by atoms with Gasteiger partial charge in [0.05, 0.1) is 0 Å². The van der Waals surface area contributed by atoms with E-state index in [0.717, 1.165) is 23.7 Å². The molecule has 0 aliphatic carbocycles. The number of hydrogen-bond acceptors (Lipinski definition) is 3. The molecule has 1 unspecified atom stereocenters. The molecule has 3 N–H and O–H groups in total. The number of nitrogens with one attached hydrogen (secondary N) is 1. The van der Waals surface area contributed by atoms with Gasteiger partial charge in [-0.1, -0.05) is 35.7 Å². The molecule has 19 heavy (non-hydrogen) atoms. The summed E-state index contributed by atoms with van der Waals surface area (Å²) in [5.74, 6) is 0.547. The molecule has 4 nitrogen and oxygen atoms in total. The largest absolute Gasteiger partial charge is 0.484 e. The van der Waals surface area contributed by atoms with E-state index in [4.69, 9.17) is 10.5 Å². The Labute approximate surface area is 122 Å². The highest BCUT2D eigenvalue weighted by Gasteiger charge is 2.10. The molecule has 0 bridgehead atoms. The van der Waals surface area contributed by atoms with Crippen molar-refractivity contribution in [2.24, 2.45) is 5.73 Å². The van der Waals surface area contributed by atoms with Crippen molar-refractivity contribution in [1.82, 2.24) is 5.32 Å². The second-order valence-electron chi connectivity index (χ2n) is 4.38. The summed E-state index contributed by atoms with van der Waals surface area (Å²) in [6, 6.07) is 7.42. The molecule has 1 aromatic carbocycles. The average molecular weight is 329 g/mol. The molecule has 0 spiro atoms. The number of amides is 1. The highest BCUT2D eigenvalue weighted by atomic mass is 79.9. The zero-order valence-electron chi connectivity index (χ0n) is 11.2. The number of benzene rings is 1. The average Bonchev–Trinajstić information content (AvgIpc) is 2.42. The lowest BCUT2D eigenvalue weighted by molar-refractivity contribution is -0.123. The summed E-state index contributed by atoms with van der Waals surface area (Å²) in [7, 11) is 0. The second kappa shape index (κ2) is 8.93. The fraction of sp³-hybridized carbons (Fsp3) is 0.500. The smallest absolute Gasteiger partial charge is 0.258 e. The molecule has 0 fully saturated rings. The van der Waals surface area contributed by atoms with Crippen LogP contribution in [0.1, 0.15) is 26.2 Å². The molecule has 0 aliphatic rings. The highest BCUT2D eigenvalue weighted by Crippen LogP contribution is 2.15. The number of carbonyl (C=O) groups excluding carboxylic acids is 1. The fourth-order valence-electron chi connectivity index (χ4n) is 1.65. The lowest BCUT2D eigenvalue weighted by Gasteiger charge is -2.16. The number of nitrogens with two attached hydrogens (primary N) is 1. The SMILES string of the molecule is CCCCC(CN)NC(=O)COc1ccc(Br)cc1. The van der Waals surface area contributed by atoms with Crippen LogP contribution in [0.15, 0.2) is 28.7 Å². The van der Waals surface area contributed by atoms with Crippen LogP contribution in [0.3, 0.4) is 0 Å². The zero-order valence-corrected chi connectivity index (χ0v) is 12.8. The highest BCUT2D eigenvalue weighted by molar-refractivity contribution is 9.10.